The van der Waals surface area contributed by atoms with E-state index in [2.05, 4.69) is 5.32 Å². The summed E-state index contributed by atoms with van der Waals surface area (Å²) in [7, 11) is 2.99. The summed E-state index contributed by atoms with van der Waals surface area (Å²) in [6, 6.07) is 4.87. The van der Waals surface area contributed by atoms with E-state index in [1.54, 1.807) is 18.2 Å². The molecule has 0 unspecified atom stereocenters. The molecule has 7 nitrogen and oxygen atoms in total. The quantitative estimate of drug-likeness (QED) is 0.823. The molecule has 0 aromatic heterocycles. The molecule has 126 valence electrons. The van der Waals surface area contributed by atoms with Crippen LogP contribution in [-0.4, -0.2) is 50.0 Å². The molecule has 0 spiro atoms. The SMILES string of the molecule is COc1ccc(C(=O)NC2(CC(=O)O)CCOCC2)c(OC)c1. The Labute approximate surface area is 134 Å². The fourth-order valence-corrected chi connectivity index (χ4v) is 2.69. The first kappa shape index (κ1) is 17.1. The van der Waals surface area contributed by atoms with Gasteiger partial charge in [0.15, 0.2) is 0 Å². The molecule has 2 N–H and O–H groups in total. The van der Waals surface area contributed by atoms with E-state index < -0.39 is 11.5 Å². The number of carbonyl (C=O) groups excluding carboxylic acids is 1. The maximum Gasteiger partial charge on any atom is 0.305 e. The number of aliphatic carboxylic acids is 1. The molecule has 7 heteroatoms. The molecule has 0 aliphatic carbocycles. The minimum Gasteiger partial charge on any atom is -0.497 e. The summed E-state index contributed by atoms with van der Waals surface area (Å²) in [5.74, 6) is -0.370. The molecule has 1 heterocycles. The molecule has 0 radical (unpaired) electrons. The number of ether oxygens (including phenoxy) is 3. The Morgan fingerprint density at radius 3 is 2.52 bits per heavy atom. The lowest BCUT2D eigenvalue weighted by Gasteiger charge is -2.37. The number of amides is 1. The highest BCUT2D eigenvalue weighted by molar-refractivity contribution is 5.97. The van der Waals surface area contributed by atoms with Crippen molar-refractivity contribution in [3.8, 4) is 11.5 Å². The second kappa shape index (κ2) is 7.32. The van der Waals surface area contributed by atoms with Crippen LogP contribution in [0.3, 0.4) is 0 Å². The number of benzene rings is 1. The van der Waals surface area contributed by atoms with Crippen molar-refractivity contribution >= 4 is 11.9 Å². The summed E-state index contributed by atoms with van der Waals surface area (Å²) in [4.78, 5) is 23.8. The Balaban J connectivity index is 2.23. The third-order valence-electron chi connectivity index (χ3n) is 3.97. The van der Waals surface area contributed by atoms with Gasteiger partial charge in [0.05, 0.1) is 31.7 Å². The number of methoxy groups -OCH3 is 2. The van der Waals surface area contributed by atoms with Gasteiger partial charge in [0, 0.05) is 19.3 Å². The van der Waals surface area contributed by atoms with Crippen LogP contribution in [0.5, 0.6) is 11.5 Å². The van der Waals surface area contributed by atoms with Crippen molar-refractivity contribution in [1.29, 1.82) is 0 Å². The third-order valence-corrected chi connectivity index (χ3v) is 3.97. The lowest BCUT2D eigenvalue weighted by Crippen LogP contribution is -2.53. The molecule has 1 aromatic carbocycles. The Bertz CT molecular complexity index is 580. The Morgan fingerprint density at radius 1 is 1.26 bits per heavy atom. The van der Waals surface area contributed by atoms with Crippen molar-refractivity contribution in [3.05, 3.63) is 23.8 Å². The highest BCUT2D eigenvalue weighted by Crippen LogP contribution is 2.28. The normalized spacial score (nSPS) is 16.4. The zero-order valence-electron chi connectivity index (χ0n) is 13.3. The molecule has 1 aliphatic rings. The summed E-state index contributed by atoms with van der Waals surface area (Å²) < 4.78 is 15.6. The van der Waals surface area contributed by atoms with Crippen LogP contribution in [0.15, 0.2) is 18.2 Å². The smallest absolute Gasteiger partial charge is 0.305 e. The number of hydrogen-bond donors (Lipinski definition) is 2. The highest BCUT2D eigenvalue weighted by atomic mass is 16.5. The van der Waals surface area contributed by atoms with Crippen LogP contribution in [0, 0.1) is 0 Å². The molecule has 0 bridgehead atoms. The first-order chi connectivity index (χ1) is 11.0. The van der Waals surface area contributed by atoms with Crippen molar-refractivity contribution in [3.63, 3.8) is 0 Å². The summed E-state index contributed by atoms with van der Waals surface area (Å²) in [6.45, 7) is 0.848. The summed E-state index contributed by atoms with van der Waals surface area (Å²) >= 11 is 0. The predicted molar refractivity (Wildman–Crippen MR) is 82.0 cm³/mol. The van der Waals surface area contributed by atoms with Gasteiger partial charge in [-0.05, 0) is 25.0 Å². The number of carboxylic acid groups (broad SMARTS) is 1. The molecule has 0 saturated carbocycles. The van der Waals surface area contributed by atoms with E-state index in [-0.39, 0.29) is 12.3 Å². The van der Waals surface area contributed by atoms with E-state index in [9.17, 15) is 9.59 Å². The largest absolute Gasteiger partial charge is 0.497 e. The average Bonchev–Trinajstić information content (AvgIpc) is 2.54. The lowest BCUT2D eigenvalue weighted by molar-refractivity contribution is -0.139. The van der Waals surface area contributed by atoms with E-state index in [1.165, 1.54) is 14.2 Å². The lowest BCUT2D eigenvalue weighted by atomic mass is 9.86. The maximum atomic E-state index is 12.6. The van der Waals surface area contributed by atoms with Crippen molar-refractivity contribution in [2.45, 2.75) is 24.8 Å². The first-order valence-electron chi connectivity index (χ1n) is 7.34. The molecule has 1 saturated heterocycles. The zero-order chi connectivity index (χ0) is 16.9. The van der Waals surface area contributed by atoms with Gasteiger partial charge in [0.25, 0.3) is 5.91 Å². The van der Waals surface area contributed by atoms with Crippen molar-refractivity contribution < 1.29 is 28.9 Å². The Kier molecular flexibility index (Phi) is 5.44. The van der Waals surface area contributed by atoms with E-state index in [0.29, 0.717) is 43.1 Å². The van der Waals surface area contributed by atoms with Crippen LogP contribution < -0.4 is 14.8 Å². The van der Waals surface area contributed by atoms with Gasteiger partial charge < -0.3 is 24.6 Å². The van der Waals surface area contributed by atoms with Gasteiger partial charge in [-0.25, -0.2) is 0 Å². The number of hydrogen-bond acceptors (Lipinski definition) is 5. The van der Waals surface area contributed by atoms with E-state index in [4.69, 9.17) is 19.3 Å². The summed E-state index contributed by atoms with van der Waals surface area (Å²) in [5.41, 5.74) is -0.462. The van der Waals surface area contributed by atoms with Crippen LogP contribution in [0.25, 0.3) is 0 Å². The summed E-state index contributed by atoms with van der Waals surface area (Å²) in [5, 5.41) is 12.0. The molecule has 1 aliphatic heterocycles. The Morgan fingerprint density at radius 2 is 1.96 bits per heavy atom. The van der Waals surface area contributed by atoms with Gasteiger partial charge in [-0.1, -0.05) is 0 Å². The second-order valence-electron chi connectivity index (χ2n) is 5.48. The minimum absolute atomic E-state index is 0.138. The highest BCUT2D eigenvalue weighted by Gasteiger charge is 2.37. The third kappa shape index (κ3) is 4.13. The van der Waals surface area contributed by atoms with Gasteiger partial charge in [0.2, 0.25) is 0 Å². The van der Waals surface area contributed by atoms with Crippen LogP contribution in [-0.2, 0) is 9.53 Å². The first-order valence-corrected chi connectivity index (χ1v) is 7.34. The molecule has 1 aromatic rings. The van der Waals surface area contributed by atoms with Crippen LogP contribution in [0.4, 0.5) is 0 Å². The predicted octanol–water partition coefficient (Wildman–Crippen LogP) is 1.46. The number of rotatable bonds is 6. The molecular weight excluding hydrogens is 302 g/mol. The van der Waals surface area contributed by atoms with E-state index in [0.717, 1.165) is 0 Å². The molecule has 0 atom stereocenters. The molecular formula is C16H21NO6. The van der Waals surface area contributed by atoms with Gasteiger partial charge in [-0.15, -0.1) is 0 Å². The molecule has 23 heavy (non-hydrogen) atoms. The van der Waals surface area contributed by atoms with Crippen molar-refractivity contribution in [1.82, 2.24) is 5.32 Å². The standard InChI is InChI=1S/C16H21NO6/c1-21-11-3-4-12(13(9-11)22-2)15(20)17-16(10-14(18)19)5-7-23-8-6-16/h3-4,9H,5-8,10H2,1-2H3,(H,17,20)(H,18,19). The Hall–Kier alpha value is -2.28. The van der Waals surface area contributed by atoms with Crippen molar-refractivity contribution in [2.24, 2.45) is 0 Å². The van der Waals surface area contributed by atoms with Crippen LogP contribution in [0.1, 0.15) is 29.6 Å². The van der Waals surface area contributed by atoms with E-state index in [1.807, 2.05) is 0 Å². The molecule has 1 amide bonds. The maximum absolute atomic E-state index is 12.6. The molecule has 1 fully saturated rings. The fourth-order valence-electron chi connectivity index (χ4n) is 2.69. The van der Waals surface area contributed by atoms with Gasteiger partial charge >= 0.3 is 5.97 Å². The topological polar surface area (TPSA) is 94.1 Å². The molecule has 2 rings (SSSR count). The zero-order valence-corrected chi connectivity index (χ0v) is 13.3. The van der Waals surface area contributed by atoms with Gasteiger partial charge in [-0.3, -0.25) is 9.59 Å². The monoisotopic (exact) mass is 323 g/mol. The summed E-state index contributed by atoms with van der Waals surface area (Å²) in [6.07, 6.45) is 0.785. The van der Waals surface area contributed by atoms with Crippen LogP contribution >= 0.6 is 0 Å². The van der Waals surface area contributed by atoms with Gasteiger partial charge in [-0.2, -0.15) is 0 Å². The minimum atomic E-state index is -0.950. The average molecular weight is 323 g/mol. The van der Waals surface area contributed by atoms with Crippen LogP contribution in [0.2, 0.25) is 0 Å². The number of carbonyl (C=O) groups is 2. The fraction of sp³-hybridized carbons (Fsp3) is 0.500. The van der Waals surface area contributed by atoms with E-state index >= 15 is 0 Å². The van der Waals surface area contributed by atoms with Gasteiger partial charge in [0.1, 0.15) is 11.5 Å². The number of nitrogens with one attached hydrogen (secondary N) is 1. The number of carboxylic acids is 1. The second-order valence-corrected chi connectivity index (χ2v) is 5.48. The van der Waals surface area contributed by atoms with Crippen molar-refractivity contribution in [2.75, 3.05) is 27.4 Å².